The van der Waals surface area contributed by atoms with Gasteiger partial charge in [-0.2, -0.15) is 0 Å². The van der Waals surface area contributed by atoms with E-state index in [1.165, 1.54) is 37.7 Å². The lowest BCUT2D eigenvalue weighted by Gasteiger charge is -2.22. The molecule has 20 heavy (non-hydrogen) atoms. The predicted molar refractivity (Wildman–Crippen MR) is 88.4 cm³/mol. The number of benzene rings is 1. The summed E-state index contributed by atoms with van der Waals surface area (Å²) in [5.41, 5.74) is 1.29. The highest BCUT2D eigenvalue weighted by atomic mass is 79.9. The van der Waals surface area contributed by atoms with Crippen LogP contribution < -0.4 is 14.8 Å². The lowest BCUT2D eigenvalue weighted by atomic mass is 9.95. The minimum Gasteiger partial charge on any atom is -0.493 e. The van der Waals surface area contributed by atoms with E-state index in [1.807, 2.05) is 6.07 Å². The molecule has 1 aliphatic carbocycles. The maximum atomic E-state index is 5.33. The molecule has 0 aliphatic heterocycles. The fourth-order valence-electron chi connectivity index (χ4n) is 2.76. The van der Waals surface area contributed by atoms with E-state index in [-0.39, 0.29) is 17.0 Å². The number of hydrogen-bond acceptors (Lipinski definition) is 3. The summed E-state index contributed by atoms with van der Waals surface area (Å²) < 4.78 is 10.6. The molecule has 4 heteroatoms. The Morgan fingerprint density at radius 2 is 1.75 bits per heavy atom. The molecule has 1 saturated carbocycles. The van der Waals surface area contributed by atoms with Crippen LogP contribution in [0.3, 0.4) is 0 Å². The van der Waals surface area contributed by atoms with Gasteiger partial charge >= 0.3 is 0 Å². The molecule has 114 valence electrons. The van der Waals surface area contributed by atoms with Crippen LogP contribution in [0.1, 0.15) is 37.7 Å². The molecular weight excluding hydrogens is 318 g/mol. The van der Waals surface area contributed by atoms with Gasteiger partial charge in [0.25, 0.3) is 0 Å². The van der Waals surface area contributed by atoms with Crippen LogP contribution >= 0.6 is 17.0 Å². The second kappa shape index (κ2) is 9.24. The van der Waals surface area contributed by atoms with Crippen LogP contribution in [0, 0.1) is 0 Å². The second-order valence-corrected chi connectivity index (χ2v) is 5.23. The summed E-state index contributed by atoms with van der Waals surface area (Å²) in [5.74, 6) is 1.61. The van der Waals surface area contributed by atoms with Crippen molar-refractivity contribution in [2.75, 3.05) is 20.8 Å². The second-order valence-electron chi connectivity index (χ2n) is 5.23. The van der Waals surface area contributed by atoms with Crippen molar-refractivity contribution in [1.82, 2.24) is 5.32 Å². The van der Waals surface area contributed by atoms with Crippen LogP contribution in [0.5, 0.6) is 11.5 Å². The van der Waals surface area contributed by atoms with Gasteiger partial charge in [-0.15, -0.1) is 17.0 Å². The quantitative estimate of drug-likeness (QED) is 0.853. The van der Waals surface area contributed by atoms with Crippen molar-refractivity contribution in [2.24, 2.45) is 0 Å². The molecule has 0 bridgehead atoms. The Morgan fingerprint density at radius 1 is 1.05 bits per heavy atom. The van der Waals surface area contributed by atoms with Gasteiger partial charge in [-0.25, -0.2) is 0 Å². The monoisotopic (exact) mass is 343 g/mol. The third kappa shape index (κ3) is 4.98. The van der Waals surface area contributed by atoms with Gasteiger partial charge < -0.3 is 14.8 Å². The molecule has 1 fully saturated rings. The van der Waals surface area contributed by atoms with Crippen LogP contribution in [0.15, 0.2) is 18.2 Å². The first-order valence-electron chi connectivity index (χ1n) is 7.28. The number of hydrogen-bond donors (Lipinski definition) is 1. The Balaban J connectivity index is 0.00000200. The Bertz CT molecular complexity index is 392. The molecule has 0 heterocycles. The topological polar surface area (TPSA) is 30.5 Å². The minimum atomic E-state index is 0. The highest BCUT2D eigenvalue weighted by Crippen LogP contribution is 2.27. The summed E-state index contributed by atoms with van der Waals surface area (Å²) in [7, 11) is 3.35. The zero-order chi connectivity index (χ0) is 13.5. The van der Waals surface area contributed by atoms with Crippen molar-refractivity contribution in [3.05, 3.63) is 23.8 Å². The summed E-state index contributed by atoms with van der Waals surface area (Å²) in [4.78, 5) is 0. The first kappa shape index (κ1) is 17.3. The van der Waals surface area contributed by atoms with Crippen LogP contribution in [0.4, 0.5) is 0 Å². The van der Waals surface area contributed by atoms with Gasteiger partial charge in [-0.1, -0.05) is 25.3 Å². The van der Waals surface area contributed by atoms with E-state index in [0.29, 0.717) is 0 Å². The summed E-state index contributed by atoms with van der Waals surface area (Å²) in [6.07, 6.45) is 7.89. The molecule has 3 nitrogen and oxygen atoms in total. The summed E-state index contributed by atoms with van der Waals surface area (Å²) in [6.45, 7) is 1.04. The van der Waals surface area contributed by atoms with Crippen molar-refractivity contribution in [3.63, 3.8) is 0 Å². The smallest absolute Gasteiger partial charge is 0.160 e. The standard InChI is InChI=1S/C16H25NO2.BrH/c1-18-15-9-8-13(12-16(15)19-2)10-11-17-14-6-4-3-5-7-14;/h8-9,12,14,17H,3-7,10-11H2,1-2H3;1H. The number of nitrogens with one attached hydrogen (secondary N) is 1. The van der Waals surface area contributed by atoms with Gasteiger partial charge in [-0.3, -0.25) is 0 Å². The third-order valence-electron chi connectivity index (χ3n) is 3.90. The van der Waals surface area contributed by atoms with Gasteiger partial charge in [-0.05, 0) is 43.5 Å². The van der Waals surface area contributed by atoms with E-state index < -0.39 is 0 Å². The third-order valence-corrected chi connectivity index (χ3v) is 3.90. The molecule has 0 aromatic heterocycles. The molecule has 0 radical (unpaired) electrons. The SMILES string of the molecule is Br.COc1ccc(CCNC2CCCCC2)cc1OC. The minimum absolute atomic E-state index is 0. The number of methoxy groups -OCH3 is 2. The first-order valence-corrected chi connectivity index (χ1v) is 7.28. The Kier molecular flexibility index (Phi) is 8.00. The van der Waals surface area contributed by atoms with Crippen LogP contribution in [0.25, 0.3) is 0 Å². The highest BCUT2D eigenvalue weighted by molar-refractivity contribution is 8.93. The van der Waals surface area contributed by atoms with Gasteiger partial charge in [0, 0.05) is 6.04 Å². The maximum absolute atomic E-state index is 5.33. The molecule has 1 aromatic carbocycles. The van der Waals surface area contributed by atoms with E-state index in [9.17, 15) is 0 Å². The van der Waals surface area contributed by atoms with Gasteiger partial charge in [0.1, 0.15) is 0 Å². The molecule has 0 atom stereocenters. The van der Waals surface area contributed by atoms with Crippen molar-refractivity contribution in [1.29, 1.82) is 0 Å². The van der Waals surface area contributed by atoms with E-state index in [2.05, 4.69) is 17.4 Å². The van der Waals surface area contributed by atoms with Gasteiger partial charge in [0.15, 0.2) is 11.5 Å². The average molecular weight is 344 g/mol. The summed E-state index contributed by atoms with van der Waals surface area (Å²) in [6, 6.07) is 6.90. The van der Waals surface area contributed by atoms with E-state index in [0.717, 1.165) is 30.5 Å². The fourth-order valence-corrected chi connectivity index (χ4v) is 2.76. The van der Waals surface area contributed by atoms with Crippen LogP contribution in [-0.4, -0.2) is 26.8 Å². The molecule has 1 N–H and O–H groups in total. The largest absolute Gasteiger partial charge is 0.493 e. The Hall–Kier alpha value is -0.740. The van der Waals surface area contributed by atoms with Crippen molar-refractivity contribution < 1.29 is 9.47 Å². The Morgan fingerprint density at radius 3 is 2.40 bits per heavy atom. The van der Waals surface area contributed by atoms with Crippen molar-refractivity contribution in [3.8, 4) is 11.5 Å². The molecule has 0 amide bonds. The van der Waals surface area contributed by atoms with E-state index in [1.54, 1.807) is 14.2 Å². The lowest BCUT2D eigenvalue weighted by Crippen LogP contribution is -2.32. The molecule has 2 rings (SSSR count). The number of halogens is 1. The molecule has 1 aliphatic rings. The molecular formula is C16H26BrNO2. The van der Waals surface area contributed by atoms with Crippen LogP contribution in [0.2, 0.25) is 0 Å². The van der Waals surface area contributed by atoms with Crippen molar-refractivity contribution >= 4 is 17.0 Å². The predicted octanol–water partition coefficient (Wildman–Crippen LogP) is 3.75. The number of rotatable bonds is 6. The fraction of sp³-hybridized carbons (Fsp3) is 0.625. The number of ether oxygens (including phenoxy) is 2. The first-order chi connectivity index (χ1) is 9.33. The van der Waals surface area contributed by atoms with Crippen molar-refractivity contribution in [2.45, 2.75) is 44.6 Å². The van der Waals surface area contributed by atoms with E-state index in [4.69, 9.17) is 9.47 Å². The lowest BCUT2D eigenvalue weighted by molar-refractivity contribution is 0.354. The average Bonchev–Trinajstić information content (AvgIpc) is 2.48. The Labute approximate surface area is 132 Å². The molecule has 0 spiro atoms. The zero-order valence-electron chi connectivity index (χ0n) is 12.5. The highest BCUT2D eigenvalue weighted by Gasteiger charge is 2.12. The molecule has 1 aromatic rings. The summed E-state index contributed by atoms with van der Waals surface area (Å²) >= 11 is 0. The van der Waals surface area contributed by atoms with E-state index >= 15 is 0 Å². The maximum Gasteiger partial charge on any atom is 0.160 e. The van der Waals surface area contributed by atoms with Gasteiger partial charge in [0.05, 0.1) is 14.2 Å². The molecule has 0 saturated heterocycles. The zero-order valence-corrected chi connectivity index (χ0v) is 14.2. The summed E-state index contributed by atoms with van der Waals surface area (Å²) in [5, 5.41) is 3.66. The molecule has 0 unspecified atom stereocenters. The van der Waals surface area contributed by atoms with Crippen LogP contribution in [-0.2, 0) is 6.42 Å². The van der Waals surface area contributed by atoms with Gasteiger partial charge in [0.2, 0.25) is 0 Å². The normalized spacial score (nSPS) is 15.5.